The van der Waals surface area contributed by atoms with Gasteiger partial charge >= 0.3 is 0 Å². The summed E-state index contributed by atoms with van der Waals surface area (Å²) in [5.74, 6) is 0.815. The van der Waals surface area contributed by atoms with Crippen LogP contribution in [-0.2, 0) is 4.79 Å². The highest BCUT2D eigenvalue weighted by Crippen LogP contribution is 2.29. The Bertz CT molecular complexity index is 193. The fourth-order valence-electron chi connectivity index (χ4n) is 2.17. The van der Waals surface area contributed by atoms with Crippen LogP contribution in [0.4, 0.5) is 0 Å². The highest BCUT2D eigenvalue weighted by atomic mass is 16.1. The SMILES string of the molecule is CC1CCCC/C1=C\CCCCC=O. The highest BCUT2D eigenvalue weighted by Gasteiger charge is 2.12. The highest BCUT2D eigenvalue weighted by molar-refractivity contribution is 5.48. The minimum absolute atomic E-state index is 0.735. The molecule has 1 rings (SSSR count). The number of allylic oxidation sites excluding steroid dienone is 2. The predicted octanol–water partition coefficient (Wildman–Crippen LogP) is 3.88. The number of carbonyl (C=O) groups excluding carboxylic acids is 1. The van der Waals surface area contributed by atoms with Crippen molar-refractivity contribution >= 4 is 6.29 Å². The molecule has 0 heterocycles. The smallest absolute Gasteiger partial charge is 0.119 e. The van der Waals surface area contributed by atoms with Crippen LogP contribution in [-0.4, -0.2) is 6.29 Å². The molecule has 0 amide bonds. The first-order chi connectivity index (χ1) is 6.84. The van der Waals surface area contributed by atoms with Gasteiger partial charge in [-0.3, -0.25) is 0 Å². The summed E-state index contributed by atoms with van der Waals surface area (Å²) in [6, 6.07) is 0. The van der Waals surface area contributed by atoms with E-state index in [0.29, 0.717) is 0 Å². The lowest BCUT2D eigenvalue weighted by atomic mass is 9.85. The van der Waals surface area contributed by atoms with E-state index >= 15 is 0 Å². The van der Waals surface area contributed by atoms with Crippen molar-refractivity contribution in [2.45, 2.75) is 58.3 Å². The molecular formula is C13H22O. The van der Waals surface area contributed by atoms with E-state index in [1.165, 1.54) is 38.5 Å². The Morgan fingerprint density at radius 3 is 2.79 bits per heavy atom. The Hall–Kier alpha value is -0.590. The van der Waals surface area contributed by atoms with E-state index in [-0.39, 0.29) is 0 Å². The average molecular weight is 194 g/mol. The molecule has 1 aliphatic rings. The third-order valence-corrected chi connectivity index (χ3v) is 3.17. The Kier molecular flexibility index (Phi) is 5.58. The van der Waals surface area contributed by atoms with Gasteiger partial charge in [-0.25, -0.2) is 0 Å². The molecule has 0 N–H and O–H groups in total. The molecule has 0 aromatic carbocycles. The molecule has 1 nitrogen and oxygen atoms in total. The van der Waals surface area contributed by atoms with Gasteiger partial charge < -0.3 is 4.79 Å². The molecule has 1 atom stereocenters. The van der Waals surface area contributed by atoms with E-state index in [0.717, 1.165) is 25.0 Å². The van der Waals surface area contributed by atoms with Crippen molar-refractivity contribution in [1.29, 1.82) is 0 Å². The van der Waals surface area contributed by atoms with Gasteiger partial charge in [0.25, 0.3) is 0 Å². The lowest BCUT2D eigenvalue weighted by Crippen LogP contribution is -2.05. The summed E-state index contributed by atoms with van der Waals surface area (Å²) in [4.78, 5) is 10.1. The van der Waals surface area contributed by atoms with Gasteiger partial charge in [-0.2, -0.15) is 0 Å². The third kappa shape index (κ3) is 4.08. The van der Waals surface area contributed by atoms with Crippen LogP contribution in [0.15, 0.2) is 11.6 Å². The topological polar surface area (TPSA) is 17.1 Å². The first-order valence-corrected chi connectivity index (χ1v) is 5.97. The van der Waals surface area contributed by atoms with Gasteiger partial charge in [0.05, 0.1) is 0 Å². The summed E-state index contributed by atoms with van der Waals surface area (Å²) in [6.45, 7) is 2.34. The van der Waals surface area contributed by atoms with E-state index in [9.17, 15) is 4.79 Å². The number of aldehydes is 1. The van der Waals surface area contributed by atoms with Gasteiger partial charge in [0.1, 0.15) is 6.29 Å². The lowest BCUT2D eigenvalue weighted by molar-refractivity contribution is -0.107. The predicted molar refractivity (Wildman–Crippen MR) is 60.2 cm³/mol. The van der Waals surface area contributed by atoms with Crippen molar-refractivity contribution in [3.63, 3.8) is 0 Å². The first kappa shape index (κ1) is 11.5. The summed E-state index contributed by atoms with van der Waals surface area (Å²) in [7, 11) is 0. The summed E-state index contributed by atoms with van der Waals surface area (Å²) >= 11 is 0. The number of carbonyl (C=O) groups is 1. The normalized spacial score (nSPS) is 25.2. The zero-order chi connectivity index (χ0) is 10.2. The largest absolute Gasteiger partial charge is 0.303 e. The molecule has 14 heavy (non-hydrogen) atoms. The van der Waals surface area contributed by atoms with Crippen LogP contribution in [0.25, 0.3) is 0 Å². The van der Waals surface area contributed by atoms with Crippen molar-refractivity contribution < 1.29 is 4.79 Å². The van der Waals surface area contributed by atoms with E-state index in [4.69, 9.17) is 0 Å². The van der Waals surface area contributed by atoms with E-state index in [1.54, 1.807) is 5.57 Å². The van der Waals surface area contributed by atoms with Crippen LogP contribution in [0.2, 0.25) is 0 Å². The summed E-state index contributed by atoms with van der Waals surface area (Å²) in [5, 5.41) is 0. The van der Waals surface area contributed by atoms with Crippen LogP contribution < -0.4 is 0 Å². The molecule has 80 valence electrons. The summed E-state index contributed by atoms with van der Waals surface area (Å²) < 4.78 is 0. The maximum atomic E-state index is 10.1. The molecule has 0 radical (unpaired) electrons. The first-order valence-electron chi connectivity index (χ1n) is 5.97. The van der Waals surface area contributed by atoms with Gasteiger partial charge in [-0.15, -0.1) is 0 Å². The monoisotopic (exact) mass is 194 g/mol. The quantitative estimate of drug-likeness (QED) is 0.369. The van der Waals surface area contributed by atoms with Crippen molar-refractivity contribution in [3.8, 4) is 0 Å². The lowest BCUT2D eigenvalue weighted by Gasteiger charge is -2.21. The molecule has 0 bridgehead atoms. The fraction of sp³-hybridized carbons (Fsp3) is 0.769. The van der Waals surface area contributed by atoms with Crippen molar-refractivity contribution in [3.05, 3.63) is 11.6 Å². The van der Waals surface area contributed by atoms with Gasteiger partial charge in [-0.1, -0.05) is 25.0 Å². The maximum Gasteiger partial charge on any atom is 0.119 e. The molecule has 1 heteroatoms. The standard InChI is InChI=1S/C13H22O/c1-12-8-5-6-10-13(12)9-4-2-3-7-11-14/h9,11-12H,2-8,10H2,1H3/b13-9+. The van der Waals surface area contributed by atoms with Crippen molar-refractivity contribution in [2.75, 3.05) is 0 Å². The number of unbranched alkanes of at least 4 members (excludes halogenated alkanes) is 3. The Morgan fingerprint density at radius 1 is 1.29 bits per heavy atom. The summed E-state index contributed by atoms with van der Waals surface area (Å²) in [5.41, 5.74) is 1.67. The summed E-state index contributed by atoms with van der Waals surface area (Å²) in [6.07, 6.45) is 13.1. The molecule has 0 saturated heterocycles. The van der Waals surface area contributed by atoms with Gasteiger partial charge in [0.15, 0.2) is 0 Å². The molecule has 0 aromatic rings. The van der Waals surface area contributed by atoms with Gasteiger partial charge in [0.2, 0.25) is 0 Å². The maximum absolute atomic E-state index is 10.1. The minimum Gasteiger partial charge on any atom is -0.303 e. The van der Waals surface area contributed by atoms with Crippen LogP contribution >= 0.6 is 0 Å². The second kappa shape index (κ2) is 6.80. The number of rotatable bonds is 5. The van der Waals surface area contributed by atoms with Crippen molar-refractivity contribution in [1.82, 2.24) is 0 Å². The zero-order valence-electron chi connectivity index (χ0n) is 9.30. The Balaban J connectivity index is 2.17. The second-order valence-electron chi connectivity index (χ2n) is 4.38. The van der Waals surface area contributed by atoms with Gasteiger partial charge in [-0.05, 0) is 44.4 Å². The van der Waals surface area contributed by atoms with E-state index in [1.807, 2.05) is 0 Å². The minimum atomic E-state index is 0.735. The Labute approximate surface area is 87.6 Å². The van der Waals surface area contributed by atoms with Crippen LogP contribution in [0, 0.1) is 5.92 Å². The van der Waals surface area contributed by atoms with Crippen molar-refractivity contribution in [2.24, 2.45) is 5.92 Å². The Morgan fingerprint density at radius 2 is 2.07 bits per heavy atom. The van der Waals surface area contributed by atoms with Crippen LogP contribution in [0.3, 0.4) is 0 Å². The third-order valence-electron chi connectivity index (χ3n) is 3.17. The number of hydrogen-bond donors (Lipinski definition) is 0. The van der Waals surface area contributed by atoms with Gasteiger partial charge in [0, 0.05) is 6.42 Å². The molecule has 0 spiro atoms. The van der Waals surface area contributed by atoms with Crippen LogP contribution in [0.1, 0.15) is 58.3 Å². The average Bonchev–Trinajstić information content (AvgIpc) is 2.20. The number of hydrogen-bond acceptors (Lipinski definition) is 1. The second-order valence-corrected chi connectivity index (χ2v) is 4.38. The molecule has 0 aromatic heterocycles. The molecule has 1 aliphatic carbocycles. The molecule has 1 saturated carbocycles. The molecule has 0 aliphatic heterocycles. The van der Waals surface area contributed by atoms with E-state index in [2.05, 4.69) is 13.0 Å². The van der Waals surface area contributed by atoms with Crippen LogP contribution in [0.5, 0.6) is 0 Å². The molecule has 1 fully saturated rings. The molecular weight excluding hydrogens is 172 g/mol. The zero-order valence-corrected chi connectivity index (χ0v) is 9.30. The van der Waals surface area contributed by atoms with E-state index < -0.39 is 0 Å². The fourth-order valence-corrected chi connectivity index (χ4v) is 2.17. The molecule has 1 unspecified atom stereocenters.